The number of nitrogen functional groups attached to an aromatic ring is 1. The van der Waals surface area contributed by atoms with Gasteiger partial charge in [0.05, 0.1) is 5.69 Å². The van der Waals surface area contributed by atoms with Gasteiger partial charge in [-0.1, -0.05) is 11.6 Å². The van der Waals surface area contributed by atoms with Gasteiger partial charge in [0.2, 0.25) is 0 Å². The average molecular weight is 266 g/mol. The van der Waals surface area contributed by atoms with E-state index in [2.05, 4.69) is 0 Å². The van der Waals surface area contributed by atoms with Crippen molar-refractivity contribution in [2.45, 2.75) is 0 Å². The minimum Gasteiger partial charge on any atom is -0.384 e. The highest BCUT2D eigenvalue weighted by atomic mass is 35.5. The number of rotatable bonds is 2. The number of nitrogens with one attached hydrogen (secondary N) is 1. The summed E-state index contributed by atoms with van der Waals surface area (Å²) in [6, 6.07) is 6.23. The lowest BCUT2D eigenvalue weighted by Gasteiger charge is -2.09. The number of aldehydes is 1. The van der Waals surface area contributed by atoms with Gasteiger partial charge in [0, 0.05) is 5.02 Å². The van der Waals surface area contributed by atoms with Crippen LogP contribution in [0.2, 0.25) is 5.02 Å². The molecule has 0 unspecified atom stereocenters. The van der Waals surface area contributed by atoms with Crippen LogP contribution in [0.15, 0.2) is 33.9 Å². The summed E-state index contributed by atoms with van der Waals surface area (Å²) in [5.41, 5.74) is 4.24. The zero-order valence-electron chi connectivity index (χ0n) is 9.01. The molecule has 1 aromatic heterocycles. The van der Waals surface area contributed by atoms with Crippen LogP contribution in [0, 0.1) is 0 Å². The molecule has 0 aliphatic carbocycles. The van der Waals surface area contributed by atoms with E-state index in [1.165, 1.54) is 0 Å². The molecule has 7 heteroatoms. The predicted octanol–water partition coefficient (Wildman–Crippen LogP) is 0.574. The summed E-state index contributed by atoms with van der Waals surface area (Å²) in [6.45, 7) is 0. The van der Waals surface area contributed by atoms with Gasteiger partial charge in [-0.05, 0) is 24.3 Å². The van der Waals surface area contributed by atoms with Gasteiger partial charge in [-0.25, -0.2) is 9.36 Å². The third-order valence-electron chi connectivity index (χ3n) is 2.39. The van der Waals surface area contributed by atoms with E-state index in [9.17, 15) is 14.4 Å². The molecule has 0 radical (unpaired) electrons. The Morgan fingerprint density at radius 2 is 1.83 bits per heavy atom. The minimum absolute atomic E-state index is 0.207. The monoisotopic (exact) mass is 265 g/mol. The second-order valence-corrected chi connectivity index (χ2v) is 3.92. The van der Waals surface area contributed by atoms with Gasteiger partial charge in [-0.2, -0.15) is 0 Å². The number of anilines is 1. The summed E-state index contributed by atoms with van der Waals surface area (Å²) in [4.78, 5) is 35.8. The average Bonchev–Trinajstić information content (AvgIpc) is 2.31. The molecular weight excluding hydrogens is 258 g/mol. The zero-order valence-corrected chi connectivity index (χ0v) is 9.77. The molecule has 1 aromatic carbocycles. The lowest BCUT2D eigenvalue weighted by atomic mass is 10.3. The summed E-state index contributed by atoms with van der Waals surface area (Å²) in [7, 11) is 0. The van der Waals surface area contributed by atoms with Crippen molar-refractivity contribution in [3.63, 3.8) is 0 Å². The Morgan fingerprint density at radius 1 is 1.22 bits per heavy atom. The Hall–Kier alpha value is -2.34. The molecule has 0 spiro atoms. The van der Waals surface area contributed by atoms with Gasteiger partial charge in [0.25, 0.3) is 5.56 Å². The van der Waals surface area contributed by atoms with E-state index in [4.69, 9.17) is 17.3 Å². The van der Waals surface area contributed by atoms with Crippen molar-refractivity contribution in [2.75, 3.05) is 5.73 Å². The molecule has 1 heterocycles. The maximum atomic E-state index is 11.7. The van der Waals surface area contributed by atoms with Crippen LogP contribution >= 0.6 is 11.6 Å². The Morgan fingerprint density at radius 3 is 2.39 bits per heavy atom. The Balaban J connectivity index is 2.79. The van der Waals surface area contributed by atoms with Crippen molar-refractivity contribution in [2.24, 2.45) is 0 Å². The maximum absolute atomic E-state index is 11.7. The standard InChI is InChI=1S/C11H8ClN3O3/c12-6-1-3-7(4-2-6)15-9(13)8(5-16)10(17)14-11(15)18/h1-5H,13H2,(H,14,17,18). The van der Waals surface area contributed by atoms with Crippen molar-refractivity contribution in [3.05, 3.63) is 55.7 Å². The first kappa shape index (κ1) is 12.1. The molecule has 0 aliphatic rings. The fourth-order valence-electron chi connectivity index (χ4n) is 1.53. The molecule has 0 saturated heterocycles. The van der Waals surface area contributed by atoms with Gasteiger partial charge < -0.3 is 5.73 Å². The molecule has 92 valence electrons. The second kappa shape index (κ2) is 4.50. The SMILES string of the molecule is Nc1c(C=O)c(=O)[nH]c(=O)n1-c1ccc(Cl)cc1. The van der Waals surface area contributed by atoms with Crippen LogP contribution in [0.1, 0.15) is 10.4 Å². The summed E-state index contributed by atoms with van der Waals surface area (Å²) in [5.74, 6) is -0.207. The fourth-order valence-corrected chi connectivity index (χ4v) is 1.65. The number of benzene rings is 1. The largest absolute Gasteiger partial charge is 0.384 e. The van der Waals surface area contributed by atoms with Gasteiger partial charge in [-0.3, -0.25) is 14.6 Å². The van der Waals surface area contributed by atoms with E-state index in [0.717, 1.165) is 4.57 Å². The highest BCUT2D eigenvalue weighted by Crippen LogP contribution is 2.14. The first-order chi connectivity index (χ1) is 8.54. The third kappa shape index (κ3) is 1.93. The lowest BCUT2D eigenvalue weighted by Crippen LogP contribution is -2.33. The van der Waals surface area contributed by atoms with E-state index < -0.39 is 11.2 Å². The summed E-state index contributed by atoms with van der Waals surface area (Å²) in [5, 5.41) is 0.491. The second-order valence-electron chi connectivity index (χ2n) is 3.49. The number of nitrogens with two attached hydrogens (primary N) is 1. The van der Waals surface area contributed by atoms with Crippen LogP contribution in [0.3, 0.4) is 0 Å². The number of carbonyl (C=O) groups excluding carboxylic acids is 1. The molecule has 0 aliphatic heterocycles. The van der Waals surface area contributed by atoms with Crippen LogP contribution in [0.25, 0.3) is 5.69 Å². The number of hydrogen-bond acceptors (Lipinski definition) is 4. The zero-order chi connectivity index (χ0) is 13.3. The van der Waals surface area contributed by atoms with Gasteiger partial charge in [0.1, 0.15) is 11.4 Å². The molecule has 0 fully saturated rings. The summed E-state index contributed by atoms with van der Waals surface area (Å²) >= 11 is 5.73. The number of hydrogen-bond donors (Lipinski definition) is 2. The van der Waals surface area contributed by atoms with Crippen LogP contribution in [0.5, 0.6) is 0 Å². The van der Waals surface area contributed by atoms with Crippen LogP contribution in [-0.2, 0) is 0 Å². The van der Waals surface area contributed by atoms with E-state index in [1.807, 2.05) is 4.98 Å². The molecular formula is C11H8ClN3O3. The highest BCUT2D eigenvalue weighted by molar-refractivity contribution is 6.30. The predicted molar refractivity (Wildman–Crippen MR) is 67.5 cm³/mol. The number of carbonyl (C=O) groups is 1. The van der Waals surface area contributed by atoms with Crippen LogP contribution < -0.4 is 17.0 Å². The summed E-state index contributed by atoms with van der Waals surface area (Å²) in [6.07, 6.45) is 0.306. The molecule has 3 N–H and O–H groups in total. The Kier molecular flexibility index (Phi) is 3.03. The maximum Gasteiger partial charge on any atom is 0.334 e. The van der Waals surface area contributed by atoms with Gasteiger partial charge in [-0.15, -0.1) is 0 Å². The van der Waals surface area contributed by atoms with E-state index in [-0.39, 0.29) is 11.4 Å². The number of aromatic amines is 1. The van der Waals surface area contributed by atoms with Crippen molar-refractivity contribution >= 4 is 23.7 Å². The molecule has 2 rings (SSSR count). The first-order valence-corrected chi connectivity index (χ1v) is 5.28. The number of halogens is 1. The normalized spacial score (nSPS) is 10.3. The Labute approximate surface area is 106 Å². The molecule has 18 heavy (non-hydrogen) atoms. The number of H-pyrrole nitrogens is 1. The van der Waals surface area contributed by atoms with Crippen molar-refractivity contribution in [3.8, 4) is 5.69 Å². The Bertz CT molecular complexity index is 716. The molecule has 0 saturated carbocycles. The fraction of sp³-hybridized carbons (Fsp3) is 0. The highest BCUT2D eigenvalue weighted by Gasteiger charge is 2.12. The van der Waals surface area contributed by atoms with Crippen LogP contribution in [0.4, 0.5) is 5.82 Å². The number of aromatic nitrogens is 2. The summed E-state index contributed by atoms with van der Waals surface area (Å²) < 4.78 is 1.03. The third-order valence-corrected chi connectivity index (χ3v) is 2.64. The molecule has 6 nitrogen and oxygen atoms in total. The van der Waals surface area contributed by atoms with Crippen molar-refractivity contribution < 1.29 is 4.79 Å². The van der Waals surface area contributed by atoms with Gasteiger partial charge in [0.15, 0.2) is 6.29 Å². The lowest BCUT2D eigenvalue weighted by molar-refractivity contribution is 0.112. The van der Waals surface area contributed by atoms with Crippen LogP contribution in [-0.4, -0.2) is 15.8 Å². The van der Waals surface area contributed by atoms with E-state index in [0.29, 0.717) is 17.0 Å². The molecule has 0 atom stereocenters. The number of nitrogens with zero attached hydrogens (tertiary/aromatic N) is 1. The minimum atomic E-state index is -0.808. The smallest absolute Gasteiger partial charge is 0.334 e. The molecule has 0 bridgehead atoms. The van der Waals surface area contributed by atoms with Crippen molar-refractivity contribution in [1.29, 1.82) is 0 Å². The first-order valence-electron chi connectivity index (χ1n) is 4.90. The van der Waals surface area contributed by atoms with Crippen molar-refractivity contribution in [1.82, 2.24) is 9.55 Å². The molecule has 2 aromatic rings. The van der Waals surface area contributed by atoms with Gasteiger partial charge >= 0.3 is 5.69 Å². The topological polar surface area (TPSA) is 98.0 Å². The quantitative estimate of drug-likeness (QED) is 0.776. The molecule has 0 amide bonds. The van der Waals surface area contributed by atoms with E-state index >= 15 is 0 Å². The van der Waals surface area contributed by atoms with E-state index in [1.54, 1.807) is 24.3 Å².